The monoisotopic (exact) mass is 448 g/mol. The number of esters is 1. The van der Waals surface area contributed by atoms with E-state index in [1.807, 2.05) is 49.9 Å². The number of rotatable bonds is 10. The number of unbranched alkanes of at least 4 members (excludes halogenated alkanes) is 1. The lowest BCUT2D eigenvalue weighted by Crippen LogP contribution is -2.41. The van der Waals surface area contributed by atoms with Gasteiger partial charge in [-0.05, 0) is 70.4 Å². The first-order valence-electron chi connectivity index (χ1n) is 11.7. The Morgan fingerprint density at radius 2 is 1.84 bits per heavy atom. The molecular weight excluding hydrogens is 408 g/mol. The Labute approximate surface area is 192 Å². The number of hydrogen-bond donors (Lipinski definition) is 1. The van der Waals surface area contributed by atoms with Crippen molar-refractivity contribution in [3.63, 3.8) is 0 Å². The number of hydrogen-bond acceptors (Lipinski definition) is 6. The van der Waals surface area contributed by atoms with Gasteiger partial charge in [-0.15, -0.1) is 0 Å². The van der Waals surface area contributed by atoms with Crippen molar-refractivity contribution in [2.45, 2.75) is 77.4 Å². The van der Waals surface area contributed by atoms with Crippen LogP contribution in [0, 0.1) is 5.92 Å². The van der Waals surface area contributed by atoms with Crippen LogP contribution in [-0.2, 0) is 20.7 Å². The molecule has 1 aliphatic rings. The van der Waals surface area contributed by atoms with Gasteiger partial charge >= 0.3 is 12.1 Å². The van der Waals surface area contributed by atoms with E-state index in [0.29, 0.717) is 18.9 Å². The molecule has 1 atom stereocenters. The quantitative estimate of drug-likeness (QED) is 0.423. The number of amides is 1. The fraction of sp³-hybridized carbons (Fsp3) is 0.680. The molecule has 0 radical (unpaired) electrons. The van der Waals surface area contributed by atoms with Crippen molar-refractivity contribution < 1.29 is 23.8 Å². The summed E-state index contributed by atoms with van der Waals surface area (Å²) in [6.07, 6.45) is 5.85. The second-order valence-electron chi connectivity index (χ2n) is 9.61. The molecule has 0 bridgehead atoms. The van der Waals surface area contributed by atoms with Gasteiger partial charge in [0.05, 0.1) is 20.1 Å². The third-order valence-electron chi connectivity index (χ3n) is 5.64. The Bertz CT molecular complexity index is 723. The van der Waals surface area contributed by atoms with Crippen molar-refractivity contribution in [3.05, 3.63) is 29.8 Å². The highest BCUT2D eigenvalue weighted by Crippen LogP contribution is 2.25. The fourth-order valence-electron chi connectivity index (χ4n) is 3.91. The maximum absolute atomic E-state index is 12.2. The zero-order valence-corrected chi connectivity index (χ0v) is 20.1. The second-order valence-corrected chi connectivity index (χ2v) is 9.61. The van der Waals surface area contributed by atoms with Gasteiger partial charge in [-0.25, -0.2) is 4.79 Å². The Morgan fingerprint density at radius 3 is 2.50 bits per heavy atom. The molecule has 180 valence electrons. The number of para-hydroxylation sites is 1. The molecule has 1 saturated heterocycles. The summed E-state index contributed by atoms with van der Waals surface area (Å²) < 4.78 is 16.2. The summed E-state index contributed by atoms with van der Waals surface area (Å²) in [4.78, 5) is 25.4. The van der Waals surface area contributed by atoms with Gasteiger partial charge in [0.15, 0.2) is 0 Å². The smallest absolute Gasteiger partial charge is 0.410 e. The molecule has 7 heteroatoms. The minimum Gasteiger partial charge on any atom is -0.493 e. The normalized spacial score (nSPS) is 15.8. The van der Waals surface area contributed by atoms with Gasteiger partial charge < -0.3 is 24.8 Å². The average molecular weight is 449 g/mol. The molecule has 0 aromatic heterocycles. The summed E-state index contributed by atoms with van der Waals surface area (Å²) in [6.45, 7) is 7.89. The van der Waals surface area contributed by atoms with Gasteiger partial charge in [0, 0.05) is 19.1 Å². The molecule has 0 aliphatic carbocycles. The molecule has 0 spiro atoms. The van der Waals surface area contributed by atoms with Gasteiger partial charge in [-0.3, -0.25) is 4.79 Å². The number of nitrogens with zero attached hydrogens (tertiary/aromatic N) is 1. The lowest BCUT2D eigenvalue weighted by molar-refractivity contribution is -0.141. The third kappa shape index (κ3) is 9.47. The molecule has 1 aliphatic heterocycles. The molecule has 7 nitrogen and oxygen atoms in total. The van der Waals surface area contributed by atoms with Crippen LogP contribution >= 0.6 is 0 Å². The molecule has 32 heavy (non-hydrogen) atoms. The lowest BCUT2D eigenvalue weighted by atomic mass is 9.92. The highest BCUT2D eigenvalue weighted by atomic mass is 16.6. The van der Waals surface area contributed by atoms with Crippen LogP contribution in [0.5, 0.6) is 5.75 Å². The van der Waals surface area contributed by atoms with E-state index in [1.54, 1.807) is 0 Å². The van der Waals surface area contributed by atoms with E-state index in [0.717, 1.165) is 56.5 Å². The molecule has 1 amide bonds. The van der Waals surface area contributed by atoms with Crippen LogP contribution in [0.4, 0.5) is 4.79 Å². The molecule has 1 heterocycles. The van der Waals surface area contributed by atoms with Crippen molar-refractivity contribution in [3.8, 4) is 5.75 Å². The predicted octanol–water partition coefficient (Wildman–Crippen LogP) is 4.32. The Hall–Kier alpha value is -2.28. The Morgan fingerprint density at radius 1 is 1.16 bits per heavy atom. The molecule has 1 unspecified atom stereocenters. The maximum Gasteiger partial charge on any atom is 0.410 e. The molecule has 1 aromatic rings. The summed E-state index contributed by atoms with van der Waals surface area (Å²) in [5.41, 5.74) is 6.65. The molecular formula is C25H40N2O5. The van der Waals surface area contributed by atoms with Crippen LogP contribution in [0.15, 0.2) is 24.3 Å². The van der Waals surface area contributed by atoms with E-state index in [1.165, 1.54) is 7.11 Å². The minimum absolute atomic E-state index is 0.192. The lowest BCUT2D eigenvalue weighted by Gasteiger charge is -2.33. The van der Waals surface area contributed by atoms with Crippen molar-refractivity contribution in [1.29, 1.82) is 0 Å². The van der Waals surface area contributed by atoms with Crippen molar-refractivity contribution in [1.82, 2.24) is 4.90 Å². The number of nitrogens with two attached hydrogens (primary N) is 1. The SMILES string of the molecule is COC(=O)CC(N)Cc1ccccc1OCCCCC1CCN(C(=O)OC(C)(C)C)CC1. The minimum atomic E-state index is -0.445. The second kappa shape index (κ2) is 12.7. The zero-order chi connectivity index (χ0) is 23.6. The van der Waals surface area contributed by atoms with Gasteiger partial charge in [-0.1, -0.05) is 24.6 Å². The molecule has 0 saturated carbocycles. The first-order valence-corrected chi connectivity index (χ1v) is 11.7. The molecule has 1 aromatic carbocycles. The number of likely N-dealkylation sites (tertiary alicyclic amines) is 1. The first-order chi connectivity index (χ1) is 15.2. The summed E-state index contributed by atoms with van der Waals surface area (Å²) in [7, 11) is 1.37. The van der Waals surface area contributed by atoms with Crippen LogP contribution < -0.4 is 10.5 Å². The fourth-order valence-corrected chi connectivity index (χ4v) is 3.91. The standard InChI is InChI=1S/C25H40N2O5/c1-25(2,3)32-24(29)27-14-12-19(13-15-27)9-7-8-16-31-22-11-6-5-10-20(22)17-21(26)18-23(28)30-4/h5-6,10-11,19,21H,7-9,12-18,26H2,1-4H3. The first kappa shape index (κ1) is 26.0. The highest BCUT2D eigenvalue weighted by Gasteiger charge is 2.26. The number of piperidine rings is 1. The topological polar surface area (TPSA) is 91.1 Å². The zero-order valence-electron chi connectivity index (χ0n) is 20.1. The summed E-state index contributed by atoms with van der Waals surface area (Å²) in [6, 6.07) is 7.55. The maximum atomic E-state index is 12.2. The van der Waals surface area contributed by atoms with Crippen LogP contribution in [0.3, 0.4) is 0 Å². The largest absolute Gasteiger partial charge is 0.493 e. The third-order valence-corrected chi connectivity index (χ3v) is 5.64. The van der Waals surface area contributed by atoms with E-state index in [4.69, 9.17) is 19.9 Å². The van der Waals surface area contributed by atoms with Gasteiger partial charge in [0.25, 0.3) is 0 Å². The number of ether oxygens (including phenoxy) is 3. The van der Waals surface area contributed by atoms with E-state index in [2.05, 4.69) is 0 Å². The number of carbonyl (C=O) groups excluding carboxylic acids is 2. The average Bonchev–Trinajstić information content (AvgIpc) is 2.73. The van der Waals surface area contributed by atoms with Crippen LogP contribution in [0.1, 0.15) is 64.9 Å². The Kier molecular flexibility index (Phi) is 10.3. The van der Waals surface area contributed by atoms with Crippen molar-refractivity contribution in [2.24, 2.45) is 11.7 Å². The van der Waals surface area contributed by atoms with E-state index in [9.17, 15) is 9.59 Å². The summed E-state index contributed by atoms with van der Waals surface area (Å²) >= 11 is 0. The van der Waals surface area contributed by atoms with E-state index in [-0.39, 0.29) is 24.5 Å². The molecule has 2 rings (SSSR count). The molecule has 1 fully saturated rings. The summed E-state index contributed by atoms with van der Waals surface area (Å²) in [5, 5.41) is 0. The van der Waals surface area contributed by atoms with Crippen LogP contribution in [-0.4, -0.2) is 55.4 Å². The molecule has 2 N–H and O–H groups in total. The highest BCUT2D eigenvalue weighted by molar-refractivity contribution is 5.70. The van der Waals surface area contributed by atoms with Gasteiger partial charge in [0.2, 0.25) is 0 Å². The number of carbonyl (C=O) groups is 2. The van der Waals surface area contributed by atoms with Crippen LogP contribution in [0.25, 0.3) is 0 Å². The van der Waals surface area contributed by atoms with E-state index >= 15 is 0 Å². The predicted molar refractivity (Wildman–Crippen MR) is 125 cm³/mol. The van der Waals surface area contributed by atoms with Crippen molar-refractivity contribution >= 4 is 12.1 Å². The van der Waals surface area contributed by atoms with Gasteiger partial charge in [-0.2, -0.15) is 0 Å². The van der Waals surface area contributed by atoms with Crippen molar-refractivity contribution in [2.75, 3.05) is 26.8 Å². The number of benzene rings is 1. The number of methoxy groups -OCH3 is 1. The van der Waals surface area contributed by atoms with Crippen LogP contribution in [0.2, 0.25) is 0 Å². The van der Waals surface area contributed by atoms with Gasteiger partial charge in [0.1, 0.15) is 11.4 Å². The summed E-state index contributed by atoms with van der Waals surface area (Å²) in [5.74, 6) is 1.18. The van der Waals surface area contributed by atoms with E-state index < -0.39 is 5.60 Å². The Balaban J connectivity index is 1.66.